The molecular weight excluding hydrogens is 512 g/mol. The van der Waals surface area contributed by atoms with Crippen molar-refractivity contribution in [1.82, 2.24) is 4.90 Å². The van der Waals surface area contributed by atoms with Crippen molar-refractivity contribution < 1.29 is 37.7 Å². The van der Waals surface area contributed by atoms with Crippen LogP contribution in [-0.4, -0.2) is 59.0 Å². The molecule has 192 valence electrons. The van der Waals surface area contributed by atoms with E-state index in [0.717, 1.165) is 37.5 Å². The monoisotopic (exact) mass is 536 g/mol. The third-order valence-corrected chi connectivity index (χ3v) is 5.84. The number of ether oxygens (including phenoxy) is 1. The van der Waals surface area contributed by atoms with Crippen LogP contribution in [0.2, 0.25) is 10.0 Å². The van der Waals surface area contributed by atoms with Crippen molar-refractivity contribution in [1.29, 1.82) is 0 Å². The fourth-order valence-electron chi connectivity index (χ4n) is 3.48. The maximum atomic E-state index is 11.5. The number of halogens is 5. The Morgan fingerprint density at radius 3 is 2.14 bits per heavy atom. The van der Waals surface area contributed by atoms with Crippen LogP contribution in [0.1, 0.15) is 28.8 Å². The van der Waals surface area contributed by atoms with E-state index in [-0.39, 0.29) is 18.1 Å². The fraction of sp³-hybridized carbons (Fsp3) is 0.391. The largest absolute Gasteiger partial charge is 0.490 e. The molecule has 1 heterocycles. The summed E-state index contributed by atoms with van der Waals surface area (Å²) < 4.78 is 37.4. The molecule has 1 aliphatic rings. The molecule has 0 radical (unpaired) electrons. The van der Waals surface area contributed by atoms with Crippen molar-refractivity contribution in [2.75, 3.05) is 19.7 Å². The number of nitrogens with zero attached hydrogens (tertiary/aromatic N) is 1. The van der Waals surface area contributed by atoms with E-state index in [1.807, 2.05) is 24.3 Å². The lowest BCUT2D eigenvalue weighted by Crippen LogP contribution is -2.39. The summed E-state index contributed by atoms with van der Waals surface area (Å²) in [5, 5.41) is 18.8. The lowest BCUT2D eigenvalue weighted by molar-refractivity contribution is -0.192. The Hall–Kier alpha value is -2.53. The maximum Gasteiger partial charge on any atom is 0.490 e. The molecule has 1 atom stereocenters. The molecule has 0 saturated carbocycles. The Morgan fingerprint density at radius 2 is 1.63 bits per heavy atom. The molecule has 1 amide bonds. The standard InChI is InChI=1S/C21H24Cl2N2O3.C2HF3O2/c22-16-3-1-14(2-4-16)12-25-9-7-15(8-10-25)19(26)13-28-20-6-5-17(23)11-18(20)21(24)27;3-2(4,5)1(6)7/h1-6,11,15,19,26H,7-10,12-13H2,(H2,24,27);(H,6,7). The Morgan fingerprint density at radius 1 is 1.09 bits per heavy atom. The van der Waals surface area contributed by atoms with Crippen LogP contribution in [0.5, 0.6) is 5.75 Å². The molecule has 1 unspecified atom stereocenters. The fourth-order valence-corrected chi connectivity index (χ4v) is 3.77. The lowest BCUT2D eigenvalue weighted by Gasteiger charge is -2.34. The average Bonchev–Trinajstić information content (AvgIpc) is 2.79. The molecule has 1 fully saturated rings. The molecule has 3 rings (SSSR count). The van der Waals surface area contributed by atoms with Crippen LogP contribution in [0.3, 0.4) is 0 Å². The van der Waals surface area contributed by atoms with Gasteiger partial charge in [-0.15, -0.1) is 0 Å². The second-order valence-electron chi connectivity index (χ2n) is 7.93. The summed E-state index contributed by atoms with van der Waals surface area (Å²) in [6, 6.07) is 12.6. The minimum absolute atomic E-state index is 0.115. The number of nitrogens with two attached hydrogens (primary N) is 1. The zero-order valence-electron chi connectivity index (χ0n) is 18.5. The van der Waals surface area contributed by atoms with Crippen LogP contribution < -0.4 is 10.5 Å². The van der Waals surface area contributed by atoms with Gasteiger partial charge in [-0.1, -0.05) is 35.3 Å². The SMILES string of the molecule is NC(=O)c1cc(Cl)ccc1OCC(O)C1CCN(Cc2ccc(Cl)cc2)CC1.O=C(O)C(F)(F)F. The number of benzene rings is 2. The van der Waals surface area contributed by atoms with Crippen molar-refractivity contribution in [3.8, 4) is 5.75 Å². The Kier molecular flexibility index (Phi) is 10.6. The average molecular weight is 537 g/mol. The molecule has 0 aliphatic carbocycles. The van der Waals surface area contributed by atoms with E-state index < -0.39 is 24.2 Å². The van der Waals surface area contributed by atoms with Crippen LogP contribution in [0.4, 0.5) is 13.2 Å². The number of rotatable bonds is 7. The number of carboxylic acids is 1. The smallest absolute Gasteiger partial charge is 0.490 e. The van der Waals surface area contributed by atoms with Gasteiger partial charge in [-0.25, -0.2) is 4.79 Å². The molecule has 7 nitrogen and oxygen atoms in total. The number of hydrogen-bond acceptors (Lipinski definition) is 5. The Balaban J connectivity index is 0.000000540. The second kappa shape index (κ2) is 13.0. The Bertz CT molecular complexity index is 998. The Labute approximate surface area is 210 Å². The van der Waals surface area contributed by atoms with E-state index in [4.69, 9.17) is 43.6 Å². The van der Waals surface area contributed by atoms with Crippen molar-refractivity contribution in [3.63, 3.8) is 0 Å². The summed E-state index contributed by atoms with van der Waals surface area (Å²) in [5.41, 5.74) is 6.82. The van der Waals surface area contributed by atoms with Crippen LogP contribution in [0, 0.1) is 5.92 Å². The highest BCUT2D eigenvalue weighted by Gasteiger charge is 2.38. The number of carbonyl (C=O) groups excluding carboxylic acids is 1. The van der Waals surface area contributed by atoms with E-state index in [0.29, 0.717) is 10.8 Å². The highest BCUT2D eigenvalue weighted by Crippen LogP contribution is 2.26. The maximum absolute atomic E-state index is 11.5. The number of aliphatic hydroxyl groups is 1. The van der Waals surface area contributed by atoms with Gasteiger partial charge in [0.25, 0.3) is 5.91 Å². The van der Waals surface area contributed by atoms with Crippen LogP contribution in [-0.2, 0) is 11.3 Å². The van der Waals surface area contributed by atoms with E-state index in [1.54, 1.807) is 12.1 Å². The molecule has 2 aromatic carbocycles. The third-order valence-electron chi connectivity index (χ3n) is 5.35. The van der Waals surface area contributed by atoms with Gasteiger partial charge < -0.3 is 20.7 Å². The predicted octanol–water partition coefficient (Wildman–Crippen LogP) is 4.38. The van der Waals surface area contributed by atoms with Gasteiger partial charge in [0.15, 0.2) is 0 Å². The van der Waals surface area contributed by atoms with Gasteiger partial charge >= 0.3 is 12.1 Å². The minimum Gasteiger partial charge on any atom is -0.490 e. The highest BCUT2D eigenvalue weighted by molar-refractivity contribution is 6.31. The van der Waals surface area contributed by atoms with Crippen molar-refractivity contribution >= 4 is 35.1 Å². The van der Waals surface area contributed by atoms with Crippen molar-refractivity contribution in [3.05, 3.63) is 63.6 Å². The number of piperidine rings is 1. The number of aliphatic hydroxyl groups excluding tert-OH is 1. The summed E-state index contributed by atoms with van der Waals surface area (Å²) in [6.07, 6.45) is -3.91. The summed E-state index contributed by atoms with van der Waals surface area (Å²) in [7, 11) is 0. The first-order valence-electron chi connectivity index (χ1n) is 10.5. The zero-order chi connectivity index (χ0) is 26.2. The number of primary amides is 1. The van der Waals surface area contributed by atoms with E-state index >= 15 is 0 Å². The van der Waals surface area contributed by atoms with Gasteiger partial charge in [-0.2, -0.15) is 13.2 Å². The van der Waals surface area contributed by atoms with Gasteiger partial charge in [0.1, 0.15) is 12.4 Å². The van der Waals surface area contributed by atoms with Crippen LogP contribution >= 0.6 is 23.2 Å². The van der Waals surface area contributed by atoms with E-state index in [1.165, 1.54) is 11.6 Å². The van der Waals surface area contributed by atoms with Crippen molar-refractivity contribution in [2.24, 2.45) is 11.7 Å². The summed E-state index contributed by atoms with van der Waals surface area (Å²) in [4.78, 5) is 22.8. The van der Waals surface area contributed by atoms with Gasteiger partial charge in [-0.05, 0) is 67.7 Å². The van der Waals surface area contributed by atoms with Gasteiger partial charge in [0.05, 0.1) is 11.7 Å². The number of hydrogen-bond donors (Lipinski definition) is 3. The third kappa shape index (κ3) is 9.56. The molecule has 35 heavy (non-hydrogen) atoms. The topological polar surface area (TPSA) is 113 Å². The van der Waals surface area contributed by atoms with Crippen LogP contribution in [0.25, 0.3) is 0 Å². The molecule has 0 spiro atoms. The molecule has 0 aromatic heterocycles. The molecular formula is C23H25Cl2F3N2O5. The van der Waals surface area contributed by atoms with Gasteiger partial charge in [0.2, 0.25) is 0 Å². The first kappa shape index (κ1) is 28.7. The normalized spacial score (nSPS) is 15.6. The molecule has 2 aromatic rings. The number of amides is 1. The van der Waals surface area contributed by atoms with Crippen LogP contribution in [0.15, 0.2) is 42.5 Å². The van der Waals surface area contributed by atoms with E-state index in [9.17, 15) is 23.1 Å². The number of carbonyl (C=O) groups is 2. The predicted molar refractivity (Wildman–Crippen MR) is 125 cm³/mol. The molecule has 4 N–H and O–H groups in total. The first-order valence-corrected chi connectivity index (χ1v) is 11.3. The number of aliphatic carboxylic acids is 1. The molecule has 0 bridgehead atoms. The summed E-state index contributed by atoms with van der Waals surface area (Å²) in [5.74, 6) is -2.86. The lowest BCUT2D eigenvalue weighted by atomic mass is 9.91. The summed E-state index contributed by atoms with van der Waals surface area (Å²) in [6.45, 7) is 2.82. The number of alkyl halides is 3. The highest BCUT2D eigenvalue weighted by atomic mass is 35.5. The number of likely N-dealkylation sites (tertiary alicyclic amines) is 1. The summed E-state index contributed by atoms with van der Waals surface area (Å²) >= 11 is 11.8. The van der Waals surface area contributed by atoms with Gasteiger partial charge in [0, 0.05) is 16.6 Å². The molecule has 12 heteroatoms. The molecule has 1 saturated heterocycles. The first-order chi connectivity index (χ1) is 16.4. The quantitative estimate of drug-likeness (QED) is 0.484. The zero-order valence-corrected chi connectivity index (χ0v) is 20.0. The van der Waals surface area contributed by atoms with Gasteiger partial charge in [-0.3, -0.25) is 9.69 Å². The number of carboxylic acid groups (broad SMARTS) is 1. The van der Waals surface area contributed by atoms with E-state index in [2.05, 4.69) is 4.90 Å². The second-order valence-corrected chi connectivity index (χ2v) is 8.80. The van der Waals surface area contributed by atoms with Crippen molar-refractivity contribution in [2.45, 2.75) is 31.7 Å². The molecule has 1 aliphatic heterocycles. The minimum atomic E-state index is -5.08.